The van der Waals surface area contributed by atoms with Crippen LogP contribution in [-0.2, 0) is 17.9 Å². The van der Waals surface area contributed by atoms with Crippen molar-refractivity contribution in [1.29, 1.82) is 0 Å². The lowest BCUT2D eigenvalue weighted by atomic mass is 10.2. The molecule has 2 heterocycles. The van der Waals surface area contributed by atoms with Gasteiger partial charge in [0.2, 0.25) is 5.91 Å². The third-order valence-corrected chi connectivity index (χ3v) is 4.50. The van der Waals surface area contributed by atoms with Crippen molar-refractivity contribution < 1.29 is 39.9 Å². The number of amides is 1. The molecule has 0 bridgehead atoms. The van der Waals surface area contributed by atoms with Crippen molar-refractivity contribution in [3.63, 3.8) is 0 Å². The van der Waals surface area contributed by atoms with Gasteiger partial charge in [0, 0.05) is 17.8 Å². The summed E-state index contributed by atoms with van der Waals surface area (Å²) in [7, 11) is 0. The summed E-state index contributed by atoms with van der Waals surface area (Å²) >= 11 is 5.49. The number of nitrogens with zero attached hydrogens (tertiary/aromatic N) is 4. The number of benzene rings is 1. The molecule has 2 aromatic heterocycles. The molecule has 0 aliphatic rings. The van der Waals surface area contributed by atoms with Crippen molar-refractivity contribution in [3.8, 4) is 0 Å². The minimum Gasteiger partial charge on any atom is -0.322 e. The zero-order valence-corrected chi connectivity index (χ0v) is 16.2. The SMILES string of the molecule is O=C(Cn1nc(C(F)F)c(Cl)c1C(F)F)Nc1cnn(Cc2c(F)cc(F)c(F)c2F)c1. The Balaban J connectivity index is 1.74. The maximum atomic E-state index is 13.8. The summed E-state index contributed by atoms with van der Waals surface area (Å²) in [5.41, 5.74) is -3.10. The molecule has 32 heavy (non-hydrogen) atoms. The normalized spacial score (nSPS) is 11.6. The first kappa shape index (κ1) is 23.5. The third-order valence-electron chi connectivity index (χ3n) is 4.11. The van der Waals surface area contributed by atoms with Crippen LogP contribution >= 0.6 is 11.6 Å². The van der Waals surface area contributed by atoms with Gasteiger partial charge in [-0.1, -0.05) is 11.6 Å². The van der Waals surface area contributed by atoms with E-state index in [1.54, 1.807) is 0 Å². The Bertz CT molecular complexity index is 1160. The third kappa shape index (κ3) is 4.69. The van der Waals surface area contributed by atoms with Crippen LogP contribution in [0.3, 0.4) is 0 Å². The first-order valence-corrected chi connectivity index (χ1v) is 8.84. The van der Waals surface area contributed by atoms with Crippen LogP contribution in [0.2, 0.25) is 5.02 Å². The summed E-state index contributed by atoms with van der Waals surface area (Å²) in [6, 6.07) is 0.156. The fourth-order valence-electron chi connectivity index (χ4n) is 2.70. The first-order chi connectivity index (χ1) is 15.0. The minimum atomic E-state index is -3.29. The maximum absolute atomic E-state index is 13.8. The Morgan fingerprint density at radius 2 is 1.75 bits per heavy atom. The molecule has 0 radical (unpaired) electrons. The average Bonchev–Trinajstić information content (AvgIpc) is 3.27. The van der Waals surface area contributed by atoms with Crippen molar-refractivity contribution in [3.05, 3.63) is 63.7 Å². The molecule has 3 rings (SSSR count). The van der Waals surface area contributed by atoms with Gasteiger partial charge in [0.25, 0.3) is 12.9 Å². The number of aromatic nitrogens is 4. The number of rotatable bonds is 7. The molecule has 1 amide bonds. The van der Waals surface area contributed by atoms with Crippen molar-refractivity contribution in [2.24, 2.45) is 0 Å². The molecule has 0 atom stereocenters. The molecule has 15 heteroatoms. The molecule has 0 spiro atoms. The van der Waals surface area contributed by atoms with Crippen LogP contribution in [0.15, 0.2) is 18.5 Å². The second kappa shape index (κ2) is 9.14. The van der Waals surface area contributed by atoms with Gasteiger partial charge in [0.05, 0.1) is 23.5 Å². The number of nitrogens with one attached hydrogen (secondary N) is 1. The maximum Gasteiger partial charge on any atom is 0.283 e. The second-order valence-electron chi connectivity index (χ2n) is 6.27. The molecule has 0 saturated heterocycles. The van der Waals surface area contributed by atoms with E-state index in [2.05, 4.69) is 15.5 Å². The van der Waals surface area contributed by atoms with Crippen LogP contribution in [0.25, 0.3) is 0 Å². The zero-order valence-electron chi connectivity index (χ0n) is 15.4. The van der Waals surface area contributed by atoms with Gasteiger partial charge in [0.1, 0.15) is 23.7 Å². The van der Waals surface area contributed by atoms with Crippen molar-refractivity contribution in [2.45, 2.75) is 25.9 Å². The number of carbonyl (C=O) groups excluding carboxylic acids is 1. The summed E-state index contributed by atoms with van der Waals surface area (Å²) in [6.07, 6.45) is -4.49. The number of halogens is 9. The van der Waals surface area contributed by atoms with Gasteiger partial charge in [0.15, 0.2) is 17.5 Å². The highest BCUT2D eigenvalue weighted by Crippen LogP contribution is 2.34. The molecule has 3 aromatic rings. The molecular weight excluding hydrogens is 478 g/mol. The molecule has 0 saturated carbocycles. The quantitative estimate of drug-likeness (QED) is 0.294. The predicted molar refractivity (Wildman–Crippen MR) is 93.4 cm³/mol. The molecule has 172 valence electrons. The van der Waals surface area contributed by atoms with Crippen LogP contribution in [0.4, 0.5) is 40.8 Å². The Kier molecular flexibility index (Phi) is 6.71. The Morgan fingerprint density at radius 3 is 2.38 bits per heavy atom. The number of hydrogen-bond acceptors (Lipinski definition) is 3. The summed E-state index contributed by atoms with van der Waals surface area (Å²) < 4.78 is 107. The van der Waals surface area contributed by atoms with Crippen LogP contribution < -0.4 is 5.32 Å². The minimum absolute atomic E-state index is 0.0793. The largest absolute Gasteiger partial charge is 0.322 e. The highest BCUT2D eigenvalue weighted by molar-refractivity contribution is 6.32. The van der Waals surface area contributed by atoms with E-state index in [1.807, 2.05) is 0 Å². The van der Waals surface area contributed by atoms with E-state index in [9.17, 15) is 39.9 Å². The van der Waals surface area contributed by atoms with Crippen LogP contribution in [-0.4, -0.2) is 25.5 Å². The van der Waals surface area contributed by atoms with Gasteiger partial charge < -0.3 is 5.32 Å². The highest BCUT2D eigenvalue weighted by atomic mass is 35.5. The molecule has 0 aliphatic heterocycles. The van der Waals surface area contributed by atoms with E-state index in [0.717, 1.165) is 17.1 Å². The lowest BCUT2D eigenvalue weighted by Gasteiger charge is -2.08. The fourth-order valence-corrected chi connectivity index (χ4v) is 3.00. The molecule has 0 aliphatic carbocycles. The summed E-state index contributed by atoms with van der Waals surface area (Å²) in [4.78, 5) is 12.1. The topological polar surface area (TPSA) is 64.7 Å². The molecule has 0 unspecified atom stereocenters. The molecule has 6 nitrogen and oxygen atoms in total. The number of anilines is 1. The van der Waals surface area contributed by atoms with Crippen molar-refractivity contribution in [1.82, 2.24) is 19.6 Å². The van der Waals surface area contributed by atoms with Gasteiger partial charge in [-0.25, -0.2) is 35.1 Å². The smallest absolute Gasteiger partial charge is 0.283 e. The van der Waals surface area contributed by atoms with E-state index in [4.69, 9.17) is 11.6 Å². The van der Waals surface area contributed by atoms with E-state index in [1.165, 1.54) is 0 Å². The van der Waals surface area contributed by atoms with Gasteiger partial charge in [-0.3, -0.25) is 14.2 Å². The summed E-state index contributed by atoms with van der Waals surface area (Å²) in [5.74, 6) is -7.70. The van der Waals surface area contributed by atoms with Crippen molar-refractivity contribution >= 4 is 23.2 Å². The fraction of sp³-hybridized carbons (Fsp3) is 0.235. The Labute approximate surface area is 178 Å². The van der Waals surface area contributed by atoms with E-state index in [-0.39, 0.29) is 11.8 Å². The number of carbonyl (C=O) groups is 1. The molecule has 1 aromatic carbocycles. The second-order valence-corrected chi connectivity index (χ2v) is 6.64. The van der Waals surface area contributed by atoms with Gasteiger partial charge in [-0.15, -0.1) is 0 Å². The van der Waals surface area contributed by atoms with Gasteiger partial charge in [-0.2, -0.15) is 10.2 Å². The molecular formula is C17H10ClF8N5O. The van der Waals surface area contributed by atoms with E-state index in [0.29, 0.717) is 4.68 Å². The monoisotopic (exact) mass is 487 g/mol. The molecule has 1 N–H and O–H groups in total. The van der Waals surface area contributed by atoms with E-state index < -0.39 is 77.1 Å². The lowest BCUT2D eigenvalue weighted by Crippen LogP contribution is -2.21. The Hall–Kier alpha value is -3.16. The lowest BCUT2D eigenvalue weighted by molar-refractivity contribution is -0.117. The van der Waals surface area contributed by atoms with Crippen LogP contribution in [0.1, 0.15) is 29.8 Å². The van der Waals surface area contributed by atoms with Crippen LogP contribution in [0, 0.1) is 23.3 Å². The van der Waals surface area contributed by atoms with Gasteiger partial charge in [-0.05, 0) is 0 Å². The Morgan fingerprint density at radius 1 is 1.06 bits per heavy atom. The highest BCUT2D eigenvalue weighted by Gasteiger charge is 2.28. The number of hydrogen-bond donors (Lipinski definition) is 1. The van der Waals surface area contributed by atoms with E-state index >= 15 is 0 Å². The number of alkyl halides is 4. The van der Waals surface area contributed by atoms with Gasteiger partial charge >= 0.3 is 0 Å². The van der Waals surface area contributed by atoms with Crippen molar-refractivity contribution in [2.75, 3.05) is 5.32 Å². The summed E-state index contributed by atoms with van der Waals surface area (Å²) in [6.45, 7) is -1.59. The zero-order chi connectivity index (χ0) is 23.7. The average molecular weight is 488 g/mol. The first-order valence-electron chi connectivity index (χ1n) is 8.46. The van der Waals surface area contributed by atoms with Crippen LogP contribution in [0.5, 0.6) is 0 Å². The summed E-state index contributed by atoms with van der Waals surface area (Å²) in [5, 5.41) is 8.14. The standard InChI is InChI=1S/C17H10ClF8N5O/c18-11-14(16(23)24)29-31(15(11)17(25)26)5-10(32)28-6-2-27-30(3-6)4-7-8(19)1-9(20)13(22)12(7)21/h1-3,16-17H,4-5H2,(H,28,32). The predicted octanol–water partition coefficient (Wildman–Crippen LogP) is 4.85. The molecule has 0 fully saturated rings.